The van der Waals surface area contributed by atoms with Crippen molar-refractivity contribution in [2.24, 2.45) is 0 Å². The van der Waals surface area contributed by atoms with E-state index in [0.29, 0.717) is 6.61 Å². The first-order chi connectivity index (χ1) is 9.16. The van der Waals surface area contributed by atoms with Gasteiger partial charge in [-0.1, -0.05) is 49.4 Å². The van der Waals surface area contributed by atoms with Gasteiger partial charge in [0.2, 0.25) is 5.24 Å². The standard InChI is InChI=1S/C16H15ClO2/c1-12(16(17)18)14-7-9-15(10-8-14)19-11-13-5-3-2-4-6-13/h2-10,12H,11H2,1H3. The molecule has 3 heteroatoms. The minimum atomic E-state index is -0.349. The normalized spacial score (nSPS) is 11.9. The quantitative estimate of drug-likeness (QED) is 0.766. The van der Waals surface area contributed by atoms with Crippen LogP contribution >= 0.6 is 11.6 Å². The zero-order chi connectivity index (χ0) is 13.7. The summed E-state index contributed by atoms with van der Waals surface area (Å²) in [7, 11) is 0. The van der Waals surface area contributed by atoms with Crippen molar-refractivity contribution >= 4 is 16.8 Å². The lowest BCUT2D eigenvalue weighted by Gasteiger charge is -2.09. The van der Waals surface area contributed by atoms with Gasteiger partial charge >= 0.3 is 0 Å². The van der Waals surface area contributed by atoms with Gasteiger partial charge in [-0.05, 0) is 34.9 Å². The third-order valence-electron chi connectivity index (χ3n) is 2.97. The Morgan fingerprint density at radius 3 is 2.32 bits per heavy atom. The molecule has 0 aliphatic carbocycles. The SMILES string of the molecule is CC(C(=O)Cl)c1ccc(OCc2ccccc2)cc1. The van der Waals surface area contributed by atoms with Gasteiger partial charge < -0.3 is 4.74 Å². The van der Waals surface area contributed by atoms with E-state index >= 15 is 0 Å². The molecular weight excluding hydrogens is 260 g/mol. The molecule has 0 aliphatic heterocycles. The van der Waals surface area contributed by atoms with Gasteiger partial charge in [-0.3, -0.25) is 4.79 Å². The Balaban J connectivity index is 1.97. The van der Waals surface area contributed by atoms with Gasteiger partial charge in [0.1, 0.15) is 12.4 Å². The number of carbonyl (C=O) groups excluding carboxylic acids is 1. The van der Waals surface area contributed by atoms with Crippen molar-refractivity contribution < 1.29 is 9.53 Å². The number of rotatable bonds is 5. The highest BCUT2D eigenvalue weighted by Crippen LogP contribution is 2.21. The fourth-order valence-corrected chi connectivity index (χ4v) is 1.85. The zero-order valence-electron chi connectivity index (χ0n) is 10.7. The average molecular weight is 275 g/mol. The number of hydrogen-bond acceptors (Lipinski definition) is 2. The molecule has 0 radical (unpaired) electrons. The summed E-state index contributed by atoms with van der Waals surface area (Å²) < 4.78 is 5.67. The first-order valence-electron chi connectivity index (χ1n) is 6.13. The third kappa shape index (κ3) is 3.83. The lowest BCUT2D eigenvalue weighted by molar-refractivity contribution is -0.112. The van der Waals surface area contributed by atoms with Crippen molar-refractivity contribution in [3.8, 4) is 5.75 Å². The van der Waals surface area contributed by atoms with E-state index in [9.17, 15) is 4.79 Å². The Hall–Kier alpha value is -1.80. The highest BCUT2D eigenvalue weighted by atomic mass is 35.5. The molecule has 0 saturated carbocycles. The molecule has 2 nitrogen and oxygen atoms in total. The summed E-state index contributed by atoms with van der Waals surface area (Å²) in [5.41, 5.74) is 2.02. The maximum atomic E-state index is 11.1. The van der Waals surface area contributed by atoms with Crippen molar-refractivity contribution in [1.82, 2.24) is 0 Å². The van der Waals surface area contributed by atoms with Crippen molar-refractivity contribution in [2.45, 2.75) is 19.4 Å². The summed E-state index contributed by atoms with van der Waals surface area (Å²) in [4.78, 5) is 11.1. The van der Waals surface area contributed by atoms with Crippen molar-refractivity contribution in [2.75, 3.05) is 0 Å². The van der Waals surface area contributed by atoms with Crippen LogP contribution in [0.3, 0.4) is 0 Å². The summed E-state index contributed by atoms with van der Waals surface area (Å²) in [6.45, 7) is 2.32. The van der Waals surface area contributed by atoms with E-state index in [1.807, 2.05) is 54.6 Å². The molecule has 0 saturated heterocycles. The van der Waals surface area contributed by atoms with Crippen LogP contribution in [0.2, 0.25) is 0 Å². The van der Waals surface area contributed by atoms with Crippen molar-refractivity contribution in [3.05, 3.63) is 65.7 Å². The van der Waals surface area contributed by atoms with Gasteiger partial charge in [-0.25, -0.2) is 0 Å². The van der Waals surface area contributed by atoms with Crippen LogP contribution in [0.5, 0.6) is 5.75 Å². The van der Waals surface area contributed by atoms with Crippen LogP contribution < -0.4 is 4.74 Å². The Labute approximate surface area is 118 Å². The Morgan fingerprint density at radius 2 is 1.74 bits per heavy atom. The highest BCUT2D eigenvalue weighted by molar-refractivity contribution is 6.64. The second-order valence-electron chi connectivity index (χ2n) is 4.37. The summed E-state index contributed by atoms with van der Waals surface area (Å²) >= 11 is 5.47. The number of halogens is 1. The molecule has 0 N–H and O–H groups in total. The molecule has 1 atom stereocenters. The Morgan fingerprint density at radius 1 is 1.11 bits per heavy atom. The molecule has 0 amide bonds. The van der Waals surface area contributed by atoms with E-state index in [1.54, 1.807) is 6.92 Å². The highest BCUT2D eigenvalue weighted by Gasteiger charge is 2.12. The van der Waals surface area contributed by atoms with Gasteiger partial charge in [0.15, 0.2) is 0 Å². The van der Waals surface area contributed by atoms with Crippen LogP contribution in [-0.4, -0.2) is 5.24 Å². The van der Waals surface area contributed by atoms with Gasteiger partial charge in [0.25, 0.3) is 0 Å². The van der Waals surface area contributed by atoms with E-state index in [4.69, 9.17) is 16.3 Å². The predicted octanol–water partition coefficient (Wildman–Crippen LogP) is 4.13. The number of hydrogen-bond donors (Lipinski definition) is 0. The monoisotopic (exact) mass is 274 g/mol. The van der Waals surface area contributed by atoms with Crippen molar-refractivity contribution in [1.29, 1.82) is 0 Å². The maximum absolute atomic E-state index is 11.1. The third-order valence-corrected chi connectivity index (χ3v) is 3.30. The number of carbonyl (C=O) groups is 1. The average Bonchev–Trinajstić information content (AvgIpc) is 2.46. The summed E-state index contributed by atoms with van der Waals surface area (Å²) in [5.74, 6) is 0.492. The molecule has 0 spiro atoms. The summed E-state index contributed by atoms with van der Waals surface area (Å²) in [6.07, 6.45) is 0. The largest absolute Gasteiger partial charge is 0.489 e. The zero-order valence-corrected chi connectivity index (χ0v) is 11.4. The molecule has 98 valence electrons. The van der Waals surface area contributed by atoms with E-state index in [1.165, 1.54) is 0 Å². The van der Waals surface area contributed by atoms with Crippen LogP contribution in [0.4, 0.5) is 0 Å². The number of benzene rings is 2. The maximum Gasteiger partial charge on any atom is 0.228 e. The van der Waals surface area contributed by atoms with Gasteiger partial charge in [-0.2, -0.15) is 0 Å². The minimum absolute atomic E-state index is 0.287. The molecule has 2 rings (SSSR count). The molecule has 0 heterocycles. The van der Waals surface area contributed by atoms with E-state index in [2.05, 4.69) is 0 Å². The lowest BCUT2D eigenvalue weighted by Crippen LogP contribution is -2.01. The summed E-state index contributed by atoms with van der Waals surface area (Å²) in [5, 5.41) is -0.349. The molecule has 0 aromatic heterocycles. The summed E-state index contributed by atoms with van der Waals surface area (Å²) in [6, 6.07) is 17.4. The molecule has 0 fully saturated rings. The first kappa shape index (κ1) is 13.6. The molecule has 19 heavy (non-hydrogen) atoms. The molecule has 0 aliphatic rings. The number of ether oxygens (including phenoxy) is 1. The van der Waals surface area contributed by atoms with Gasteiger partial charge in [0, 0.05) is 0 Å². The molecule has 2 aromatic carbocycles. The fraction of sp³-hybridized carbons (Fsp3) is 0.188. The smallest absolute Gasteiger partial charge is 0.228 e. The van der Waals surface area contributed by atoms with Gasteiger partial charge in [-0.15, -0.1) is 0 Å². The van der Waals surface area contributed by atoms with Gasteiger partial charge in [0.05, 0.1) is 5.92 Å². The van der Waals surface area contributed by atoms with Crippen LogP contribution in [0.15, 0.2) is 54.6 Å². The first-order valence-corrected chi connectivity index (χ1v) is 6.50. The minimum Gasteiger partial charge on any atom is -0.489 e. The molecule has 1 unspecified atom stereocenters. The Kier molecular flexibility index (Phi) is 4.58. The van der Waals surface area contributed by atoms with Crippen LogP contribution in [0.25, 0.3) is 0 Å². The van der Waals surface area contributed by atoms with Crippen LogP contribution in [0.1, 0.15) is 24.0 Å². The second-order valence-corrected chi connectivity index (χ2v) is 4.74. The fourth-order valence-electron chi connectivity index (χ4n) is 1.72. The van der Waals surface area contributed by atoms with E-state index in [-0.39, 0.29) is 11.2 Å². The van der Waals surface area contributed by atoms with Crippen molar-refractivity contribution in [3.63, 3.8) is 0 Å². The second kappa shape index (κ2) is 6.39. The topological polar surface area (TPSA) is 26.3 Å². The Bertz CT molecular complexity index is 534. The van der Waals surface area contributed by atoms with Crippen LogP contribution in [-0.2, 0) is 11.4 Å². The van der Waals surface area contributed by atoms with E-state index < -0.39 is 0 Å². The predicted molar refractivity (Wildman–Crippen MR) is 76.5 cm³/mol. The molecule has 2 aromatic rings. The lowest BCUT2D eigenvalue weighted by atomic mass is 10.0. The van der Waals surface area contributed by atoms with E-state index in [0.717, 1.165) is 16.9 Å². The molecule has 0 bridgehead atoms. The van der Waals surface area contributed by atoms with Crippen LogP contribution in [0, 0.1) is 0 Å². The molecular formula is C16H15ClO2.